The van der Waals surface area contributed by atoms with Gasteiger partial charge in [-0.2, -0.15) is 0 Å². The summed E-state index contributed by atoms with van der Waals surface area (Å²) >= 11 is 0. The van der Waals surface area contributed by atoms with Crippen molar-refractivity contribution in [3.63, 3.8) is 0 Å². The van der Waals surface area contributed by atoms with Crippen molar-refractivity contribution >= 4 is 5.57 Å². The number of hydrogen-bond donors (Lipinski definition) is 0. The predicted octanol–water partition coefficient (Wildman–Crippen LogP) is 4.43. The highest BCUT2D eigenvalue weighted by molar-refractivity contribution is 5.77. The van der Waals surface area contributed by atoms with Gasteiger partial charge in [0.15, 0.2) is 0 Å². The van der Waals surface area contributed by atoms with Crippen molar-refractivity contribution in [1.82, 2.24) is 0 Å². The number of rotatable bonds is 3. The van der Waals surface area contributed by atoms with Gasteiger partial charge in [-0.25, -0.2) is 0 Å². The molecule has 0 N–H and O–H groups in total. The first-order valence-corrected chi connectivity index (χ1v) is 6.18. The second-order valence-corrected chi connectivity index (χ2v) is 4.23. The van der Waals surface area contributed by atoms with Gasteiger partial charge in [0, 0.05) is 12.0 Å². The van der Waals surface area contributed by atoms with Gasteiger partial charge in [-0.3, -0.25) is 0 Å². The summed E-state index contributed by atoms with van der Waals surface area (Å²) in [4.78, 5) is 0. The van der Waals surface area contributed by atoms with Crippen LogP contribution in [0, 0.1) is 11.8 Å². The quantitative estimate of drug-likeness (QED) is 0.511. The summed E-state index contributed by atoms with van der Waals surface area (Å²) in [5.74, 6) is 6.61. The molecule has 0 amide bonds. The van der Waals surface area contributed by atoms with Gasteiger partial charge in [0.25, 0.3) is 0 Å². The highest BCUT2D eigenvalue weighted by atomic mass is 14.2. The second kappa shape index (κ2) is 5.56. The first kappa shape index (κ1) is 11.0. The number of unbranched alkanes of at least 4 members (excludes halogenated alkanes) is 2. The molecule has 0 heterocycles. The Labute approximate surface area is 98.4 Å². The van der Waals surface area contributed by atoms with Gasteiger partial charge in [0.05, 0.1) is 0 Å². The van der Waals surface area contributed by atoms with E-state index < -0.39 is 0 Å². The van der Waals surface area contributed by atoms with E-state index in [1.807, 2.05) is 0 Å². The molecule has 0 radical (unpaired) electrons. The third-order valence-electron chi connectivity index (χ3n) is 3.01. The maximum Gasteiger partial charge on any atom is 0.00922 e. The predicted molar refractivity (Wildman–Crippen MR) is 69.9 cm³/mol. The van der Waals surface area contributed by atoms with Gasteiger partial charge >= 0.3 is 0 Å². The Morgan fingerprint density at radius 3 is 2.56 bits per heavy atom. The molecule has 0 aromatic heterocycles. The molecule has 0 bridgehead atoms. The molecule has 0 atom stereocenters. The number of hydrogen-bond acceptors (Lipinski definition) is 0. The largest absolute Gasteiger partial charge is 0.0982 e. The summed E-state index contributed by atoms with van der Waals surface area (Å²) in [6, 6.07) is 10.6. The fourth-order valence-corrected chi connectivity index (χ4v) is 1.91. The van der Waals surface area contributed by atoms with Crippen molar-refractivity contribution in [2.24, 2.45) is 0 Å². The second-order valence-electron chi connectivity index (χ2n) is 4.23. The molecule has 2 rings (SSSR count). The third kappa shape index (κ3) is 2.55. The van der Waals surface area contributed by atoms with Crippen molar-refractivity contribution in [2.75, 3.05) is 0 Å². The summed E-state index contributed by atoms with van der Waals surface area (Å²) in [6.07, 6.45) is 5.87. The smallest absolute Gasteiger partial charge is 0.00922 e. The molecule has 1 aromatic rings. The minimum atomic E-state index is 1.04. The van der Waals surface area contributed by atoms with E-state index in [0.29, 0.717) is 0 Å². The van der Waals surface area contributed by atoms with E-state index in [0.717, 1.165) is 6.42 Å². The SMILES string of the molecule is CCCCC#CC1=C(c2ccccc2)CC1. The molecule has 0 unspecified atom stereocenters. The molecule has 0 saturated carbocycles. The minimum Gasteiger partial charge on any atom is -0.0982 e. The van der Waals surface area contributed by atoms with Crippen LogP contribution in [-0.4, -0.2) is 0 Å². The third-order valence-corrected chi connectivity index (χ3v) is 3.01. The van der Waals surface area contributed by atoms with E-state index in [1.165, 1.54) is 42.4 Å². The zero-order chi connectivity index (χ0) is 11.2. The van der Waals surface area contributed by atoms with Gasteiger partial charge in [0.2, 0.25) is 0 Å². The van der Waals surface area contributed by atoms with Crippen LogP contribution in [0.1, 0.15) is 44.6 Å². The van der Waals surface area contributed by atoms with Crippen molar-refractivity contribution in [1.29, 1.82) is 0 Å². The Balaban J connectivity index is 2.07. The van der Waals surface area contributed by atoms with Crippen LogP contribution in [0.25, 0.3) is 5.57 Å². The summed E-state index contributed by atoms with van der Waals surface area (Å²) in [6.45, 7) is 2.21. The van der Waals surface area contributed by atoms with Crippen LogP contribution in [0.5, 0.6) is 0 Å². The number of benzene rings is 1. The molecule has 0 spiro atoms. The fraction of sp³-hybridized carbons (Fsp3) is 0.375. The summed E-state index contributed by atoms with van der Waals surface area (Å²) in [7, 11) is 0. The average molecular weight is 210 g/mol. The molecule has 0 fully saturated rings. The topological polar surface area (TPSA) is 0 Å². The molecule has 0 aliphatic heterocycles. The van der Waals surface area contributed by atoms with Gasteiger partial charge < -0.3 is 0 Å². The van der Waals surface area contributed by atoms with E-state index in [4.69, 9.17) is 0 Å². The van der Waals surface area contributed by atoms with E-state index in [2.05, 4.69) is 49.1 Å². The Bertz CT molecular complexity index is 426. The first-order valence-electron chi connectivity index (χ1n) is 6.18. The lowest BCUT2D eigenvalue weighted by molar-refractivity contribution is 0.827. The average Bonchev–Trinajstić information content (AvgIpc) is 2.29. The maximum absolute atomic E-state index is 3.33. The Kier molecular flexibility index (Phi) is 3.83. The monoisotopic (exact) mass is 210 g/mol. The minimum absolute atomic E-state index is 1.04. The molecule has 1 aromatic carbocycles. The number of allylic oxidation sites excluding steroid dienone is 2. The molecule has 0 heteroatoms. The summed E-state index contributed by atoms with van der Waals surface area (Å²) < 4.78 is 0. The molecule has 1 aliphatic rings. The van der Waals surface area contributed by atoms with Crippen molar-refractivity contribution in [3.8, 4) is 11.8 Å². The Hall–Kier alpha value is -1.48. The lowest BCUT2D eigenvalue weighted by Crippen LogP contribution is -2.01. The van der Waals surface area contributed by atoms with Gasteiger partial charge in [-0.1, -0.05) is 55.5 Å². The first-order chi connectivity index (χ1) is 7.92. The summed E-state index contributed by atoms with van der Waals surface area (Å²) in [5.41, 5.74) is 4.18. The van der Waals surface area contributed by atoms with Crippen LogP contribution >= 0.6 is 0 Å². The maximum atomic E-state index is 3.33. The van der Waals surface area contributed by atoms with Crippen LogP contribution in [0.15, 0.2) is 35.9 Å². The van der Waals surface area contributed by atoms with Crippen LogP contribution in [-0.2, 0) is 0 Å². The van der Waals surface area contributed by atoms with Crippen LogP contribution in [0.4, 0.5) is 0 Å². The fourth-order valence-electron chi connectivity index (χ4n) is 1.91. The van der Waals surface area contributed by atoms with Crippen LogP contribution in [0.3, 0.4) is 0 Å². The highest BCUT2D eigenvalue weighted by Crippen LogP contribution is 2.35. The molecule has 82 valence electrons. The van der Waals surface area contributed by atoms with E-state index in [9.17, 15) is 0 Å². The molecular formula is C16H18. The van der Waals surface area contributed by atoms with Gasteiger partial charge in [-0.05, 0) is 30.4 Å². The molecular weight excluding hydrogens is 192 g/mol. The lowest BCUT2D eigenvalue weighted by atomic mass is 9.84. The van der Waals surface area contributed by atoms with E-state index in [-0.39, 0.29) is 0 Å². The molecule has 1 aliphatic carbocycles. The molecule has 16 heavy (non-hydrogen) atoms. The van der Waals surface area contributed by atoms with Gasteiger partial charge in [-0.15, -0.1) is 0 Å². The van der Waals surface area contributed by atoms with Gasteiger partial charge in [0.1, 0.15) is 0 Å². The van der Waals surface area contributed by atoms with E-state index >= 15 is 0 Å². The van der Waals surface area contributed by atoms with Crippen molar-refractivity contribution in [3.05, 3.63) is 41.5 Å². The normalized spacial score (nSPS) is 14.1. The van der Waals surface area contributed by atoms with Crippen LogP contribution < -0.4 is 0 Å². The zero-order valence-corrected chi connectivity index (χ0v) is 9.92. The summed E-state index contributed by atoms with van der Waals surface area (Å²) in [5, 5.41) is 0. The lowest BCUT2D eigenvalue weighted by Gasteiger charge is -2.20. The standard InChI is InChI=1S/C16H18/c1-2-3-4-6-11-15-12-13-16(15)14-9-7-5-8-10-14/h5,7-10H,2-4,12-13H2,1H3. The van der Waals surface area contributed by atoms with Crippen LogP contribution in [0.2, 0.25) is 0 Å². The highest BCUT2D eigenvalue weighted by Gasteiger charge is 2.16. The Morgan fingerprint density at radius 2 is 1.94 bits per heavy atom. The van der Waals surface area contributed by atoms with E-state index in [1.54, 1.807) is 0 Å². The Morgan fingerprint density at radius 1 is 1.12 bits per heavy atom. The zero-order valence-electron chi connectivity index (χ0n) is 9.92. The van der Waals surface area contributed by atoms with Crippen molar-refractivity contribution in [2.45, 2.75) is 39.0 Å². The van der Waals surface area contributed by atoms with Crippen molar-refractivity contribution < 1.29 is 0 Å². The molecule has 0 nitrogen and oxygen atoms in total. The molecule has 0 saturated heterocycles.